The van der Waals surface area contributed by atoms with Gasteiger partial charge in [0.15, 0.2) is 5.71 Å². The summed E-state index contributed by atoms with van der Waals surface area (Å²) in [7, 11) is 2.07. The first kappa shape index (κ1) is 23.8. The fourth-order valence-corrected chi connectivity index (χ4v) is 3.71. The van der Waals surface area contributed by atoms with E-state index < -0.39 is 11.9 Å². The predicted molar refractivity (Wildman–Crippen MR) is 125 cm³/mol. The van der Waals surface area contributed by atoms with Gasteiger partial charge in [-0.2, -0.15) is 13.2 Å². The van der Waals surface area contributed by atoms with Gasteiger partial charge in [0, 0.05) is 56.7 Å². The van der Waals surface area contributed by atoms with E-state index in [0.29, 0.717) is 12.3 Å². The molecule has 0 unspecified atom stereocenters. The van der Waals surface area contributed by atoms with Crippen molar-refractivity contribution in [3.63, 3.8) is 0 Å². The maximum absolute atomic E-state index is 14.1. The molecule has 6 nitrogen and oxygen atoms in total. The van der Waals surface area contributed by atoms with E-state index in [-0.39, 0.29) is 17.3 Å². The SMILES string of the molecule is Cc1ccc(/N=C(\c2cccc(CN3CCN(C)CC3)c2)C(F)(F)F)cc1Oc1ncccn1. The molecule has 1 aliphatic heterocycles. The molecule has 1 aliphatic rings. The molecule has 9 heteroatoms. The van der Waals surface area contributed by atoms with Crippen LogP contribution in [0.15, 0.2) is 65.9 Å². The zero-order chi connectivity index (χ0) is 24.1. The van der Waals surface area contributed by atoms with E-state index in [9.17, 15) is 13.2 Å². The third-order valence-electron chi connectivity index (χ3n) is 5.63. The lowest BCUT2D eigenvalue weighted by atomic mass is 10.0. The molecule has 3 aromatic rings. The molecule has 0 spiro atoms. The zero-order valence-electron chi connectivity index (χ0n) is 19.1. The highest BCUT2D eigenvalue weighted by atomic mass is 19.4. The maximum atomic E-state index is 14.1. The molecule has 0 amide bonds. The van der Waals surface area contributed by atoms with Gasteiger partial charge in [0.25, 0.3) is 0 Å². The first-order valence-electron chi connectivity index (χ1n) is 11.0. The van der Waals surface area contributed by atoms with Crippen LogP contribution in [0.3, 0.4) is 0 Å². The lowest BCUT2D eigenvalue weighted by molar-refractivity contribution is -0.0579. The van der Waals surface area contributed by atoms with Crippen molar-refractivity contribution < 1.29 is 17.9 Å². The van der Waals surface area contributed by atoms with Crippen molar-refractivity contribution in [3.8, 4) is 11.8 Å². The average Bonchev–Trinajstić information content (AvgIpc) is 2.81. The molecule has 0 saturated carbocycles. The van der Waals surface area contributed by atoms with Gasteiger partial charge in [-0.25, -0.2) is 15.0 Å². The Kier molecular flexibility index (Phi) is 7.23. The lowest BCUT2D eigenvalue weighted by Crippen LogP contribution is -2.43. The summed E-state index contributed by atoms with van der Waals surface area (Å²) in [6, 6.07) is 12.9. The van der Waals surface area contributed by atoms with Gasteiger partial charge in [0.2, 0.25) is 0 Å². The van der Waals surface area contributed by atoms with E-state index in [1.54, 1.807) is 31.2 Å². The molecule has 178 valence electrons. The molecule has 0 radical (unpaired) electrons. The summed E-state index contributed by atoms with van der Waals surface area (Å²) in [5.41, 5.74) is 0.780. The fourth-order valence-electron chi connectivity index (χ4n) is 3.71. The molecule has 0 N–H and O–H groups in total. The Bertz CT molecular complexity index is 1140. The third kappa shape index (κ3) is 6.18. The van der Waals surface area contributed by atoms with Crippen LogP contribution in [0.5, 0.6) is 11.8 Å². The third-order valence-corrected chi connectivity index (χ3v) is 5.63. The second kappa shape index (κ2) is 10.3. The van der Waals surface area contributed by atoms with Crippen molar-refractivity contribution in [2.45, 2.75) is 19.6 Å². The Morgan fingerprint density at radius 2 is 1.74 bits per heavy atom. The van der Waals surface area contributed by atoms with Crippen molar-refractivity contribution in [1.82, 2.24) is 19.8 Å². The van der Waals surface area contributed by atoms with E-state index in [4.69, 9.17) is 4.74 Å². The minimum Gasteiger partial charge on any atom is -0.424 e. The minimum atomic E-state index is -4.62. The molecule has 2 heterocycles. The molecule has 1 aromatic heterocycles. The van der Waals surface area contributed by atoms with E-state index in [1.807, 2.05) is 6.07 Å². The number of aliphatic imine (C=N–C) groups is 1. The van der Waals surface area contributed by atoms with Crippen LogP contribution in [0.4, 0.5) is 18.9 Å². The highest BCUT2D eigenvalue weighted by Gasteiger charge is 2.37. The second-order valence-electron chi connectivity index (χ2n) is 8.32. The summed E-state index contributed by atoms with van der Waals surface area (Å²) in [6.45, 7) is 6.06. The number of halogens is 3. The van der Waals surface area contributed by atoms with Gasteiger partial charge in [0.05, 0.1) is 5.69 Å². The lowest BCUT2D eigenvalue weighted by Gasteiger charge is -2.32. The summed E-state index contributed by atoms with van der Waals surface area (Å²) in [5.74, 6) is 0.345. The van der Waals surface area contributed by atoms with Crippen molar-refractivity contribution in [2.24, 2.45) is 4.99 Å². The van der Waals surface area contributed by atoms with E-state index in [0.717, 1.165) is 37.3 Å². The number of piperazine rings is 1. The Morgan fingerprint density at radius 3 is 2.44 bits per heavy atom. The van der Waals surface area contributed by atoms with Gasteiger partial charge in [0.1, 0.15) is 5.75 Å². The Hall–Kier alpha value is -3.30. The summed E-state index contributed by atoms with van der Waals surface area (Å²) in [4.78, 5) is 16.5. The largest absolute Gasteiger partial charge is 0.433 e. The molecule has 2 aromatic carbocycles. The minimum absolute atomic E-state index is 0.0357. The molecule has 0 atom stereocenters. The summed E-state index contributed by atoms with van der Waals surface area (Å²) in [5, 5.41) is 0. The highest BCUT2D eigenvalue weighted by molar-refractivity contribution is 6.06. The number of hydrogen-bond donors (Lipinski definition) is 0. The van der Waals surface area contributed by atoms with Crippen LogP contribution in [0.25, 0.3) is 0 Å². The smallest absolute Gasteiger partial charge is 0.424 e. The Balaban J connectivity index is 1.61. The van der Waals surface area contributed by atoms with Gasteiger partial charge >= 0.3 is 12.2 Å². The first-order valence-corrected chi connectivity index (χ1v) is 11.0. The standard InChI is InChI=1S/C25H26F3N5O/c1-18-7-8-21(16-22(18)34-24-29-9-4-10-30-24)31-23(25(26,27)28)20-6-3-5-19(15-20)17-33-13-11-32(2)12-14-33/h3-10,15-16H,11-14,17H2,1-2H3/b31-23+. The van der Waals surface area contributed by atoms with Crippen LogP contribution in [0.2, 0.25) is 0 Å². The number of nitrogens with zero attached hydrogens (tertiary/aromatic N) is 5. The van der Waals surface area contributed by atoms with Crippen LogP contribution in [0, 0.1) is 6.92 Å². The van der Waals surface area contributed by atoms with E-state index in [1.165, 1.54) is 30.6 Å². The highest BCUT2D eigenvalue weighted by Crippen LogP contribution is 2.31. The van der Waals surface area contributed by atoms with Crippen LogP contribution >= 0.6 is 0 Å². The van der Waals surface area contributed by atoms with Gasteiger partial charge in [-0.1, -0.05) is 24.3 Å². The number of ether oxygens (including phenoxy) is 1. The Morgan fingerprint density at radius 1 is 1.00 bits per heavy atom. The average molecular weight is 470 g/mol. The van der Waals surface area contributed by atoms with Gasteiger partial charge in [-0.15, -0.1) is 0 Å². The van der Waals surface area contributed by atoms with Gasteiger partial charge in [-0.05, 0) is 43.3 Å². The van der Waals surface area contributed by atoms with Crippen LogP contribution < -0.4 is 4.74 Å². The number of aryl methyl sites for hydroxylation is 1. The monoisotopic (exact) mass is 469 g/mol. The molecule has 1 fully saturated rings. The number of rotatable bonds is 6. The predicted octanol–water partition coefficient (Wildman–Crippen LogP) is 5.01. The molecular weight excluding hydrogens is 443 g/mol. The van der Waals surface area contributed by atoms with Crippen LogP contribution in [-0.4, -0.2) is 64.9 Å². The van der Waals surface area contributed by atoms with Crippen molar-refractivity contribution in [3.05, 3.63) is 77.6 Å². The molecule has 1 saturated heterocycles. The number of likely N-dealkylation sites (N-methyl/N-ethyl adjacent to an activating group) is 1. The first-order chi connectivity index (χ1) is 16.3. The van der Waals surface area contributed by atoms with E-state index in [2.05, 4.69) is 31.8 Å². The molecule has 4 rings (SSSR count). The number of benzene rings is 2. The number of hydrogen-bond acceptors (Lipinski definition) is 6. The van der Waals surface area contributed by atoms with Crippen molar-refractivity contribution >= 4 is 11.4 Å². The molecule has 34 heavy (non-hydrogen) atoms. The van der Waals surface area contributed by atoms with Crippen LogP contribution in [-0.2, 0) is 6.54 Å². The fraction of sp³-hybridized carbons (Fsp3) is 0.320. The van der Waals surface area contributed by atoms with E-state index >= 15 is 0 Å². The molecule has 0 aliphatic carbocycles. The number of alkyl halides is 3. The topological polar surface area (TPSA) is 53.9 Å². The maximum Gasteiger partial charge on any atom is 0.433 e. The van der Waals surface area contributed by atoms with Crippen LogP contribution in [0.1, 0.15) is 16.7 Å². The zero-order valence-corrected chi connectivity index (χ0v) is 19.1. The summed E-state index contributed by atoms with van der Waals surface area (Å²) >= 11 is 0. The number of aromatic nitrogens is 2. The second-order valence-corrected chi connectivity index (χ2v) is 8.32. The Labute approximate surface area is 196 Å². The van der Waals surface area contributed by atoms with Crippen molar-refractivity contribution in [2.75, 3.05) is 33.2 Å². The molecule has 0 bridgehead atoms. The quantitative estimate of drug-likeness (QED) is 0.475. The summed E-state index contributed by atoms with van der Waals surface area (Å²) < 4.78 is 47.8. The van der Waals surface area contributed by atoms with Gasteiger partial charge in [-0.3, -0.25) is 4.90 Å². The normalized spacial score (nSPS) is 16.0. The summed E-state index contributed by atoms with van der Waals surface area (Å²) in [6.07, 6.45) is -1.58. The van der Waals surface area contributed by atoms with Gasteiger partial charge < -0.3 is 9.64 Å². The molecular formula is C25H26F3N5O. The van der Waals surface area contributed by atoms with Crippen molar-refractivity contribution in [1.29, 1.82) is 0 Å².